The summed E-state index contributed by atoms with van der Waals surface area (Å²) in [4.78, 5) is 12.2. The van der Waals surface area contributed by atoms with Crippen molar-refractivity contribution in [3.05, 3.63) is 24.0 Å². The molecule has 0 saturated heterocycles. The number of hydrogen-bond donors (Lipinski definition) is 2. The summed E-state index contributed by atoms with van der Waals surface area (Å²) in [6.07, 6.45) is 3.87. The average molecular weight is 261 g/mol. The number of carbonyl (C=O) groups is 1. The standard InChI is InChI=1S/C15H16FNO2/c16-10-6-9(3-4-11(10)18)17-15(19)14-12-7-1-2-8(5-7)13(12)14/h3-4,6-8,12-14,18H,1-2,5H2,(H,17,19). The number of anilines is 1. The number of carbonyl (C=O) groups excluding carboxylic acids is 1. The minimum atomic E-state index is -0.700. The van der Waals surface area contributed by atoms with Gasteiger partial charge in [-0.05, 0) is 55.1 Å². The van der Waals surface area contributed by atoms with Crippen molar-refractivity contribution in [1.82, 2.24) is 0 Å². The Labute approximate surface area is 110 Å². The van der Waals surface area contributed by atoms with Crippen LogP contribution in [0.5, 0.6) is 5.75 Å². The van der Waals surface area contributed by atoms with Crippen LogP contribution in [-0.2, 0) is 4.79 Å². The van der Waals surface area contributed by atoms with Gasteiger partial charge in [0.05, 0.1) is 0 Å². The third-order valence-corrected chi connectivity index (χ3v) is 5.25. The summed E-state index contributed by atoms with van der Waals surface area (Å²) in [5.41, 5.74) is 0.428. The molecule has 3 saturated carbocycles. The molecule has 3 fully saturated rings. The Balaban J connectivity index is 1.47. The molecule has 1 aromatic carbocycles. The van der Waals surface area contributed by atoms with Gasteiger partial charge in [0.25, 0.3) is 0 Å². The molecule has 1 aromatic rings. The molecule has 0 radical (unpaired) electrons. The fourth-order valence-corrected chi connectivity index (χ4v) is 4.49. The lowest BCUT2D eigenvalue weighted by Gasteiger charge is -2.10. The molecule has 19 heavy (non-hydrogen) atoms. The zero-order valence-corrected chi connectivity index (χ0v) is 10.5. The van der Waals surface area contributed by atoms with Crippen LogP contribution in [0.2, 0.25) is 0 Å². The van der Waals surface area contributed by atoms with Gasteiger partial charge in [-0.15, -0.1) is 0 Å². The normalized spacial score (nSPS) is 38.1. The lowest BCUT2D eigenvalue weighted by molar-refractivity contribution is -0.118. The van der Waals surface area contributed by atoms with Crippen molar-refractivity contribution in [1.29, 1.82) is 0 Å². The van der Waals surface area contributed by atoms with Gasteiger partial charge >= 0.3 is 0 Å². The first-order chi connectivity index (χ1) is 9.15. The van der Waals surface area contributed by atoms with Crippen LogP contribution in [0.3, 0.4) is 0 Å². The highest BCUT2D eigenvalue weighted by Gasteiger charge is 2.67. The summed E-state index contributed by atoms with van der Waals surface area (Å²) in [5.74, 6) is 1.75. The summed E-state index contributed by atoms with van der Waals surface area (Å²) >= 11 is 0. The SMILES string of the molecule is O=C(Nc1ccc(O)c(F)c1)C1C2C3CCC(C3)C12. The molecule has 0 spiro atoms. The van der Waals surface area contributed by atoms with Crippen molar-refractivity contribution >= 4 is 11.6 Å². The maximum atomic E-state index is 13.2. The van der Waals surface area contributed by atoms with E-state index in [1.54, 1.807) is 0 Å². The van der Waals surface area contributed by atoms with E-state index in [0.717, 1.165) is 11.8 Å². The Morgan fingerprint density at radius 2 is 1.95 bits per heavy atom. The topological polar surface area (TPSA) is 49.3 Å². The van der Waals surface area contributed by atoms with Crippen molar-refractivity contribution in [3.63, 3.8) is 0 Å². The van der Waals surface area contributed by atoms with E-state index in [-0.39, 0.29) is 17.6 Å². The Bertz CT molecular complexity index is 543. The minimum absolute atomic E-state index is 0.0247. The smallest absolute Gasteiger partial charge is 0.228 e. The van der Waals surface area contributed by atoms with Crippen molar-refractivity contribution in [2.75, 3.05) is 5.32 Å². The van der Waals surface area contributed by atoms with E-state index < -0.39 is 5.82 Å². The molecule has 4 atom stereocenters. The van der Waals surface area contributed by atoms with E-state index in [0.29, 0.717) is 17.5 Å². The molecule has 2 bridgehead atoms. The second kappa shape index (κ2) is 3.71. The van der Waals surface area contributed by atoms with E-state index in [2.05, 4.69) is 5.32 Å². The van der Waals surface area contributed by atoms with Gasteiger partial charge in [0.15, 0.2) is 11.6 Å². The number of phenols is 1. The molecule has 4 unspecified atom stereocenters. The number of nitrogens with one attached hydrogen (secondary N) is 1. The maximum Gasteiger partial charge on any atom is 0.228 e. The van der Waals surface area contributed by atoms with E-state index in [1.807, 2.05) is 0 Å². The predicted octanol–water partition coefficient (Wildman–Crippen LogP) is 2.76. The van der Waals surface area contributed by atoms with Gasteiger partial charge in [0.1, 0.15) is 0 Å². The maximum absolute atomic E-state index is 13.2. The van der Waals surface area contributed by atoms with Crippen LogP contribution in [0, 0.1) is 35.4 Å². The minimum Gasteiger partial charge on any atom is -0.505 e. The van der Waals surface area contributed by atoms with Crippen LogP contribution in [-0.4, -0.2) is 11.0 Å². The number of aromatic hydroxyl groups is 1. The zero-order chi connectivity index (χ0) is 13.1. The number of benzene rings is 1. The lowest BCUT2D eigenvalue weighted by atomic mass is 10.0. The van der Waals surface area contributed by atoms with Crippen molar-refractivity contribution < 1.29 is 14.3 Å². The number of rotatable bonds is 2. The molecule has 1 amide bonds. The Morgan fingerprint density at radius 3 is 2.58 bits per heavy atom. The number of fused-ring (bicyclic) bond motifs is 5. The first kappa shape index (κ1) is 11.3. The average Bonchev–Trinajstić information content (AvgIpc) is 2.83. The third kappa shape index (κ3) is 1.58. The Kier molecular flexibility index (Phi) is 2.20. The molecule has 3 nitrogen and oxygen atoms in total. The quantitative estimate of drug-likeness (QED) is 0.804. The van der Waals surface area contributed by atoms with Crippen LogP contribution in [0.1, 0.15) is 19.3 Å². The van der Waals surface area contributed by atoms with Crippen LogP contribution in [0.25, 0.3) is 0 Å². The summed E-state index contributed by atoms with van der Waals surface area (Å²) in [7, 11) is 0. The highest BCUT2D eigenvalue weighted by Crippen LogP contribution is 2.69. The van der Waals surface area contributed by atoms with Gasteiger partial charge in [-0.2, -0.15) is 0 Å². The predicted molar refractivity (Wildman–Crippen MR) is 68.0 cm³/mol. The highest BCUT2D eigenvalue weighted by molar-refractivity contribution is 5.95. The molecule has 2 N–H and O–H groups in total. The van der Waals surface area contributed by atoms with Crippen molar-refractivity contribution in [2.24, 2.45) is 29.6 Å². The van der Waals surface area contributed by atoms with E-state index in [4.69, 9.17) is 5.11 Å². The number of hydrogen-bond acceptors (Lipinski definition) is 2. The summed E-state index contributed by atoms with van der Waals surface area (Å²) in [6, 6.07) is 3.96. The molecule has 0 aromatic heterocycles. The van der Waals surface area contributed by atoms with E-state index in [1.165, 1.54) is 37.5 Å². The first-order valence-electron chi connectivity index (χ1n) is 6.94. The van der Waals surface area contributed by atoms with Gasteiger partial charge in [-0.25, -0.2) is 4.39 Å². The lowest BCUT2D eigenvalue weighted by Crippen LogP contribution is -2.18. The van der Waals surface area contributed by atoms with Crippen LogP contribution in [0.4, 0.5) is 10.1 Å². The van der Waals surface area contributed by atoms with Gasteiger partial charge in [0.2, 0.25) is 5.91 Å². The van der Waals surface area contributed by atoms with Crippen LogP contribution >= 0.6 is 0 Å². The first-order valence-corrected chi connectivity index (χ1v) is 6.94. The zero-order valence-electron chi connectivity index (χ0n) is 10.5. The van der Waals surface area contributed by atoms with Crippen LogP contribution < -0.4 is 5.32 Å². The molecular formula is C15H16FNO2. The fourth-order valence-electron chi connectivity index (χ4n) is 4.49. The van der Waals surface area contributed by atoms with E-state index in [9.17, 15) is 9.18 Å². The fraction of sp³-hybridized carbons (Fsp3) is 0.533. The second-order valence-electron chi connectivity index (χ2n) is 6.17. The summed E-state index contributed by atoms with van der Waals surface area (Å²) in [5, 5.41) is 11.9. The monoisotopic (exact) mass is 261 g/mol. The molecule has 3 aliphatic rings. The van der Waals surface area contributed by atoms with Gasteiger partial charge in [0, 0.05) is 17.7 Å². The molecule has 3 aliphatic carbocycles. The number of amides is 1. The third-order valence-electron chi connectivity index (χ3n) is 5.25. The largest absolute Gasteiger partial charge is 0.505 e. The van der Waals surface area contributed by atoms with Crippen LogP contribution in [0.15, 0.2) is 18.2 Å². The molecular weight excluding hydrogens is 245 g/mol. The molecule has 0 heterocycles. The van der Waals surface area contributed by atoms with Gasteiger partial charge in [-0.1, -0.05) is 0 Å². The number of phenolic OH excluding ortho intramolecular Hbond substituents is 1. The molecule has 100 valence electrons. The van der Waals surface area contributed by atoms with E-state index >= 15 is 0 Å². The van der Waals surface area contributed by atoms with Gasteiger partial charge < -0.3 is 10.4 Å². The van der Waals surface area contributed by atoms with Crippen molar-refractivity contribution in [3.8, 4) is 5.75 Å². The molecule has 4 rings (SSSR count). The van der Waals surface area contributed by atoms with Gasteiger partial charge in [-0.3, -0.25) is 4.79 Å². The Morgan fingerprint density at radius 1 is 1.26 bits per heavy atom. The summed E-state index contributed by atoms with van der Waals surface area (Å²) < 4.78 is 13.2. The molecule has 0 aliphatic heterocycles. The molecule has 4 heteroatoms. The number of halogens is 1. The highest BCUT2D eigenvalue weighted by atomic mass is 19.1. The second-order valence-corrected chi connectivity index (χ2v) is 6.17. The summed E-state index contributed by atoms with van der Waals surface area (Å²) in [6.45, 7) is 0. The van der Waals surface area contributed by atoms with Crippen molar-refractivity contribution in [2.45, 2.75) is 19.3 Å². The Hall–Kier alpha value is -1.58.